The normalized spacial score (nSPS) is 18.6. The fourth-order valence-corrected chi connectivity index (χ4v) is 6.07. The summed E-state index contributed by atoms with van der Waals surface area (Å²) in [4.78, 5) is 35.2. The predicted octanol–water partition coefficient (Wildman–Crippen LogP) is 4.70. The van der Waals surface area contributed by atoms with Crippen molar-refractivity contribution in [3.63, 3.8) is 0 Å². The van der Waals surface area contributed by atoms with Crippen molar-refractivity contribution in [2.45, 2.75) is 66.1 Å². The predicted molar refractivity (Wildman–Crippen MR) is 149 cm³/mol. The number of imidazole rings is 2. The zero-order valence-corrected chi connectivity index (χ0v) is 23.2. The van der Waals surface area contributed by atoms with Gasteiger partial charge in [-0.2, -0.15) is 0 Å². The highest BCUT2D eigenvalue weighted by Gasteiger charge is 2.38. The number of piperidine rings is 2. The van der Waals surface area contributed by atoms with Crippen LogP contribution in [0.25, 0.3) is 0 Å². The summed E-state index contributed by atoms with van der Waals surface area (Å²) in [7, 11) is 0. The first kappa shape index (κ1) is 26.6. The number of carbonyl (C=O) groups excluding carboxylic acids is 1. The number of carbonyl (C=O) groups is 1. The quantitative estimate of drug-likeness (QED) is 0.453. The van der Waals surface area contributed by atoms with Crippen molar-refractivity contribution in [2.24, 2.45) is 10.8 Å². The Morgan fingerprint density at radius 1 is 0.868 bits per heavy atom. The molecule has 2 aromatic heterocycles. The smallest absolute Gasteiger partial charge is 0.254 e. The summed E-state index contributed by atoms with van der Waals surface area (Å²) in [6.45, 7) is 14.8. The van der Waals surface area contributed by atoms with Gasteiger partial charge in [-0.15, -0.1) is 0 Å². The minimum Gasteiger partial charge on any atom is -0.347 e. The first-order valence-corrected chi connectivity index (χ1v) is 14.1. The van der Waals surface area contributed by atoms with E-state index in [0.717, 1.165) is 18.2 Å². The molecule has 5 rings (SSSR count). The van der Waals surface area contributed by atoms with Gasteiger partial charge >= 0.3 is 0 Å². The topological polar surface area (TPSA) is 84.2 Å². The van der Waals surface area contributed by atoms with Crippen molar-refractivity contribution >= 4 is 5.91 Å². The number of likely N-dealkylation sites (tertiary alicyclic amines) is 2. The second kappa shape index (κ2) is 11.4. The van der Waals surface area contributed by atoms with E-state index in [1.807, 2.05) is 12.1 Å². The maximum Gasteiger partial charge on any atom is 0.254 e. The van der Waals surface area contributed by atoms with Gasteiger partial charge in [-0.1, -0.05) is 32.9 Å². The summed E-state index contributed by atoms with van der Waals surface area (Å²) in [6, 6.07) is 8.15. The molecule has 3 aromatic rings. The van der Waals surface area contributed by atoms with Crippen LogP contribution >= 0.6 is 0 Å². The number of nitrogens with one attached hydrogen (secondary N) is 2. The molecule has 2 fully saturated rings. The lowest BCUT2D eigenvalue weighted by Gasteiger charge is -2.47. The molecule has 0 unspecified atom stereocenters. The highest BCUT2D eigenvalue weighted by molar-refractivity contribution is 5.94. The molecule has 1 amide bonds. The van der Waals surface area contributed by atoms with Crippen molar-refractivity contribution in [3.05, 3.63) is 71.8 Å². The summed E-state index contributed by atoms with van der Waals surface area (Å²) >= 11 is 0. The summed E-state index contributed by atoms with van der Waals surface area (Å²) in [5.41, 5.74) is 2.88. The van der Waals surface area contributed by atoms with Crippen molar-refractivity contribution < 1.29 is 4.79 Å². The van der Waals surface area contributed by atoms with Gasteiger partial charge in [-0.05, 0) is 80.4 Å². The van der Waals surface area contributed by atoms with Gasteiger partial charge in [-0.25, -0.2) is 9.97 Å². The van der Waals surface area contributed by atoms with E-state index in [-0.39, 0.29) is 5.91 Å². The average Bonchev–Trinajstić information content (AvgIpc) is 3.61. The fraction of sp³-hybridized carbons (Fsp3) is 0.567. The minimum atomic E-state index is -0.0259. The molecular formula is C30H43N7O. The van der Waals surface area contributed by atoms with Crippen LogP contribution in [0.4, 0.5) is 0 Å². The van der Waals surface area contributed by atoms with Crippen LogP contribution in [-0.4, -0.2) is 73.3 Å². The highest BCUT2D eigenvalue weighted by atomic mass is 16.2. The molecule has 38 heavy (non-hydrogen) atoms. The molecular weight excluding hydrogens is 474 g/mol. The van der Waals surface area contributed by atoms with Gasteiger partial charge in [-0.3, -0.25) is 9.69 Å². The third-order valence-electron chi connectivity index (χ3n) is 8.22. The van der Waals surface area contributed by atoms with Gasteiger partial charge in [0.2, 0.25) is 0 Å². The van der Waals surface area contributed by atoms with Crippen LogP contribution in [0.5, 0.6) is 0 Å². The molecule has 2 saturated heterocycles. The number of rotatable bonds is 8. The molecule has 8 heteroatoms. The van der Waals surface area contributed by atoms with Gasteiger partial charge in [0.05, 0.1) is 13.1 Å². The van der Waals surface area contributed by atoms with Crippen molar-refractivity contribution in [2.75, 3.05) is 32.7 Å². The lowest BCUT2D eigenvalue weighted by molar-refractivity contribution is 0.0228. The van der Waals surface area contributed by atoms with Crippen LogP contribution in [0.1, 0.15) is 74.0 Å². The van der Waals surface area contributed by atoms with E-state index in [1.54, 1.807) is 29.7 Å². The zero-order chi connectivity index (χ0) is 26.6. The van der Waals surface area contributed by atoms with Crippen LogP contribution in [0, 0.1) is 10.8 Å². The van der Waals surface area contributed by atoms with Gasteiger partial charge in [0.1, 0.15) is 11.6 Å². The van der Waals surface area contributed by atoms with Gasteiger partial charge < -0.3 is 19.8 Å². The maximum absolute atomic E-state index is 13.4. The summed E-state index contributed by atoms with van der Waals surface area (Å²) < 4.78 is 0. The molecule has 0 saturated carbocycles. The van der Waals surface area contributed by atoms with E-state index in [1.165, 1.54) is 64.0 Å². The van der Waals surface area contributed by atoms with E-state index < -0.39 is 0 Å². The molecule has 2 aliphatic heterocycles. The molecule has 2 N–H and O–H groups in total. The Bertz CT molecular complexity index is 1090. The minimum absolute atomic E-state index is 0.0259. The number of hydrogen-bond acceptors (Lipinski definition) is 5. The van der Waals surface area contributed by atoms with E-state index in [2.05, 4.69) is 62.6 Å². The number of nitrogens with zero attached hydrogens (tertiary/aromatic N) is 5. The number of benzene rings is 1. The number of aromatic amines is 2. The fourth-order valence-electron chi connectivity index (χ4n) is 6.07. The molecule has 0 aliphatic carbocycles. The highest BCUT2D eigenvalue weighted by Crippen LogP contribution is 2.42. The average molecular weight is 518 g/mol. The third-order valence-corrected chi connectivity index (χ3v) is 8.22. The monoisotopic (exact) mass is 517 g/mol. The Balaban J connectivity index is 1.14. The Hall–Kier alpha value is -2.97. The van der Waals surface area contributed by atoms with Gasteiger partial charge in [0.15, 0.2) is 0 Å². The van der Waals surface area contributed by atoms with Crippen molar-refractivity contribution in [3.8, 4) is 0 Å². The van der Waals surface area contributed by atoms with Crippen LogP contribution in [0.3, 0.4) is 0 Å². The molecule has 204 valence electrons. The standard InChI is InChI=1S/C30H43N7O/c1-29(2,3)23-36-18-10-30(11-19-36)8-16-35(17-9-30)20-24-4-6-25(7-5-24)28(38)37(21-26-31-12-13-32-26)22-27-33-14-15-34-27/h4-7,12-15H,8-11,16-23H2,1-3H3,(H,31,32)(H,33,34). The molecule has 0 radical (unpaired) electrons. The Morgan fingerprint density at radius 3 is 1.87 bits per heavy atom. The van der Waals surface area contributed by atoms with Gasteiger partial charge in [0.25, 0.3) is 5.91 Å². The second-order valence-corrected chi connectivity index (χ2v) is 12.5. The lowest BCUT2D eigenvalue weighted by Crippen LogP contribution is -2.48. The summed E-state index contributed by atoms with van der Waals surface area (Å²) in [6.07, 6.45) is 12.3. The van der Waals surface area contributed by atoms with Crippen LogP contribution in [0.2, 0.25) is 0 Å². The third kappa shape index (κ3) is 6.91. The molecule has 2 aliphatic rings. The largest absolute Gasteiger partial charge is 0.347 e. The first-order valence-electron chi connectivity index (χ1n) is 14.1. The van der Waals surface area contributed by atoms with Crippen LogP contribution in [0.15, 0.2) is 49.1 Å². The SMILES string of the molecule is CC(C)(C)CN1CCC2(CCN(Cc3ccc(C(=O)N(Cc4ncc[nH]4)Cc4ncc[nH]4)cc3)CC2)CC1. The van der Waals surface area contributed by atoms with E-state index in [9.17, 15) is 4.79 Å². The second-order valence-electron chi connectivity index (χ2n) is 12.5. The Kier molecular flexibility index (Phi) is 8.00. The van der Waals surface area contributed by atoms with E-state index in [4.69, 9.17) is 0 Å². The van der Waals surface area contributed by atoms with Gasteiger partial charge in [0, 0.05) is 43.4 Å². The van der Waals surface area contributed by atoms with E-state index >= 15 is 0 Å². The number of H-pyrrole nitrogens is 2. The van der Waals surface area contributed by atoms with Crippen molar-refractivity contribution in [1.29, 1.82) is 0 Å². The molecule has 0 atom stereocenters. The number of aromatic nitrogens is 4. The lowest BCUT2D eigenvalue weighted by atomic mass is 9.71. The van der Waals surface area contributed by atoms with Crippen molar-refractivity contribution in [1.82, 2.24) is 34.6 Å². The molecule has 4 heterocycles. The summed E-state index contributed by atoms with van der Waals surface area (Å²) in [5.74, 6) is 1.48. The molecule has 0 bridgehead atoms. The molecule has 1 aromatic carbocycles. The first-order chi connectivity index (χ1) is 18.3. The van der Waals surface area contributed by atoms with Crippen LogP contribution < -0.4 is 0 Å². The Labute approximate surface area is 226 Å². The summed E-state index contributed by atoms with van der Waals surface area (Å²) in [5, 5.41) is 0. The van der Waals surface area contributed by atoms with Crippen LogP contribution in [-0.2, 0) is 19.6 Å². The zero-order valence-electron chi connectivity index (χ0n) is 23.2. The van der Waals surface area contributed by atoms with E-state index in [0.29, 0.717) is 29.5 Å². The molecule has 8 nitrogen and oxygen atoms in total. The maximum atomic E-state index is 13.4. The Morgan fingerprint density at radius 2 is 1.39 bits per heavy atom. The number of amides is 1. The number of hydrogen-bond donors (Lipinski definition) is 2. The molecule has 1 spiro atoms.